The number of Topliss-reactive ketones (excluding diaryl/α,β-unsaturated/α-hetero) is 1. The van der Waals surface area contributed by atoms with Gasteiger partial charge in [0.2, 0.25) is 0 Å². The van der Waals surface area contributed by atoms with Gasteiger partial charge in [-0.1, -0.05) is 12.1 Å². The molecule has 0 aliphatic carbocycles. The molecule has 0 saturated heterocycles. The number of nitrogens with zero attached hydrogens (tertiary/aromatic N) is 1. The zero-order valence-electron chi connectivity index (χ0n) is 9.48. The maximum Gasteiger partial charge on any atom is 0.178 e. The van der Waals surface area contributed by atoms with E-state index in [1.807, 2.05) is 18.2 Å². The Morgan fingerprint density at radius 3 is 2.83 bits per heavy atom. The van der Waals surface area contributed by atoms with Crippen LogP contribution in [0, 0.1) is 3.77 Å². The van der Waals surface area contributed by atoms with Crippen LogP contribution in [0.4, 0.5) is 5.69 Å². The molecule has 18 heavy (non-hydrogen) atoms. The standard InChI is InChI=1S/C13H9BrINO2/c1-8(17)9-3-2-4-10(5-9)16-7-11-6-12(14)13(15)18-11/h2-7H,1H3. The Labute approximate surface area is 127 Å². The van der Waals surface area contributed by atoms with E-state index in [1.165, 1.54) is 6.92 Å². The predicted octanol–water partition coefficient (Wildman–Crippen LogP) is 4.60. The summed E-state index contributed by atoms with van der Waals surface area (Å²) >= 11 is 5.46. The quantitative estimate of drug-likeness (QED) is 0.416. The summed E-state index contributed by atoms with van der Waals surface area (Å²) in [7, 11) is 0. The Kier molecular flexibility index (Phi) is 4.34. The highest BCUT2D eigenvalue weighted by molar-refractivity contribution is 14.1. The SMILES string of the molecule is CC(=O)c1cccc(N=Cc2cc(Br)c(I)o2)c1. The van der Waals surface area contributed by atoms with Gasteiger partial charge >= 0.3 is 0 Å². The largest absolute Gasteiger partial charge is 0.448 e. The zero-order valence-corrected chi connectivity index (χ0v) is 13.2. The summed E-state index contributed by atoms with van der Waals surface area (Å²) in [6.45, 7) is 1.54. The van der Waals surface area contributed by atoms with Gasteiger partial charge < -0.3 is 4.42 Å². The van der Waals surface area contributed by atoms with Crippen LogP contribution in [0.1, 0.15) is 23.0 Å². The molecule has 0 N–H and O–H groups in total. The van der Waals surface area contributed by atoms with Crippen molar-refractivity contribution in [2.24, 2.45) is 4.99 Å². The summed E-state index contributed by atoms with van der Waals surface area (Å²) in [6, 6.07) is 9.02. The minimum Gasteiger partial charge on any atom is -0.448 e. The Balaban J connectivity index is 2.23. The van der Waals surface area contributed by atoms with Gasteiger partial charge in [0.05, 0.1) is 16.4 Å². The molecule has 92 valence electrons. The number of benzene rings is 1. The highest BCUT2D eigenvalue weighted by atomic mass is 127. The fraction of sp³-hybridized carbons (Fsp3) is 0.0769. The number of halogens is 2. The van der Waals surface area contributed by atoms with Gasteiger partial charge in [0, 0.05) is 34.2 Å². The lowest BCUT2D eigenvalue weighted by atomic mass is 10.1. The molecule has 0 aliphatic heterocycles. The van der Waals surface area contributed by atoms with Crippen molar-refractivity contribution in [2.45, 2.75) is 6.92 Å². The Hall–Kier alpha value is -0.950. The highest BCUT2D eigenvalue weighted by Gasteiger charge is 2.03. The number of aliphatic imine (C=N–C) groups is 1. The minimum absolute atomic E-state index is 0.0299. The van der Waals surface area contributed by atoms with Crippen LogP contribution >= 0.6 is 38.5 Å². The molecule has 0 spiro atoms. The fourth-order valence-corrected chi connectivity index (χ4v) is 2.09. The molecule has 0 radical (unpaired) electrons. The predicted molar refractivity (Wildman–Crippen MR) is 82.8 cm³/mol. The molecular formula is C13H9BrINO2. The number of furan rings is 1. The van der Waals surface area contributed by atoms with Crippen molar-refractivity contribution < 1.29 is 9.21 Å². The van der Waals surface area contributed by atoms with Crippen LogP contribution < -0.4 is 0 Å². The summed E-state index contributed by atoms with van der Waals surface area (Å²) in [6.07, 6.45) is 1.63. The van der Waals surface area contributed by atoms with E-state index in [9.17, 15) is 4.79 Å². The number of carbonyl (C=O) groups excluding carboxylic acids is 1. The number of hydrogen-bond donors (Lipinski definition) is 0. The van der Waals surface area contributed by atoms with E-state index in [0.717, 1.165) is 13.9 Å². The van der Waals surface area contributed by atoms with E-state index < -0.39 is 0 Å². The molecule has 2 rings (SSSR count). The van der Waals surface area contributed by atoms with E-state index >= 15 is 0 Å². The summed E-state index contributed by atoms with van der Waals surface area (Å²) < 4.78 is 7.13. The van der Waals surface area contributed by atoms with Crippen LogP contribution in [0.15, 0.2) is 44.2 Å². The third kappa shape index (κ3) is 3.29. The van der Waals surface area contributed by atoms with Crippen molar-refractivity contribution >= 4 is 56.2 Å². The first-order chi connectivity index (χ1) is 8.56. The summed E-state index contributed by atoms with van der Waals surface area (Å²) in [4.78, 5) is 15.5. The molecular weight excluding hydrogens is 409 g/mol. The maximum atomic E-state index is 11.2. The van der Waals surface area contributed by atoms with Crippen LogP contribution in [0.2, 0.25) is 0 Å². The highest BCUT2D eigenvalue weighted by Crippen LogP contribution is 2.22. The summed E-state index contributed by atoms with van der Waals surface area (Å²) in [5, 5.41) is 0. The molecule has 5 heteroatoms. The monoisotopic (exact) mass is 417 g/mol. The van der Waals surface area contributed by atoms with E-state index in [1.54, 1.807) is 18.3 Å². The van der Waals surface area contributed by atoms with Gasteiger partial charge in [-0.2, -0.15) is 0 Å². The van der Waals surface area contributed by atoms with Gasteiger partial charge in [0.15, 0.2) is 9.55 Å². The van der Waals surface area contributed by atoms with Crippen molar-refractivity contribution in [3.63, 3.8) is 0 Å². The molecule has 2 aromatic rings. The van der Waals surface area contributed by atoms with Crippen LogP contribution in [0.25, 0.3) is 0 Å². The summed E-state index contributed by atoms with van der Waals surface area (Å²) in [5.74, 6) is 0.696. The molecule has 1 heterocycles. The first-order valence-corrected chi connectivity index (χ1v) is 7.03. The summed E-state index contributed by atoms with van der Waals surface area (Å²) in [5.41, 5.74) is 1.38. The van der Waals surface area contributed by atoms with Gasteiger partial charge in [-0.3, -0.25) is 9.79 Å². The maximum absolute atomic E-state index is 11.2. The van der Waals surface area contributed by atoms with E-state index in [2.05, 4.69) is 43.5 Å². The number of carbonyl (C=O) groups is 1. The second kappa shape index (κ2) is 5.79. The molecule has 0 bridgehead atoms. The molecule has 0 unspecified atom stereocenters. The van der Waals surface area contributed by atoms with Gasteiger partial charge in [-0.25, -0.2) is 0 Å². The minimum atomic E-state index is 0.0299. The van der Waals surface area contributed by atoms with Gasteiger partial charge in [-0.05, 0) is 35.0 Å². The third-order valence-corrected chi connectivity index (χ3v) is 4.39. The van der Waals surface area contributed by atoms with Crippen molar-refractivity contribution in [1.82, 2.24) is 0 Å². The molecule has 0 fully saturated rings. The van der Waals surface area contributed by atoms with Crippen LogP contribution in [-0.2, 0) is 0 Å². The van der Waals surface area contributed by atoms with Crippen molar-refractivity contribution in [2.75, 3.05) is 0 Å². The van der Waals surface area contributed by atoms with E-state index in [4.69, 9.17) is 4.42 Å². The first kappa shape index (κ1) is 13.5. The van der Waals surface area contributed by atoms with Gasteiger partial charge in [-0.15, -0.1) is 0 Å². The average Bonchev–Trinajstić information content (AvgIpc) is 2.67. The average molecular weight is 418 g/mol. The van der Waals surface area contributed by atoms with E-state index in [0.29, 0.717) is 11.3 Å². The third-order valence-electron chi connectivity index (χ3n) is 2.26. The second-order valence-corrected chi connectivity index (χ2v) is 5.47. The Bertz CT molecular complexity index is 600. The Morgan fingerprint density at radius 1 is 1.44 bits per heavy atom. The van der Waals surface area contributed by atoms with Crippen molar-refractivity contribution in [3.05, 3.63) is 49.9 Å². The van der Waals surface area contributed by atoms with Crippen LogP contribution in [0.5, 0.6) is 0 Å². The molecule has 1 aromatic heterocycles. The zero-order chi connectivity index (χ0) is 13.1. The van der Waals surface area contributed by atoms with Crippen molar-refractivity contribution in [1.29, 1.82) is 0 Å². The molecule has 0 aliphatic rings. The fourth-order valence-electron chi connectivity index (χ4n) is 1.37. The smallest absolute Gasteiger partial charge is 0.178 e. The molecule has 3 nitrogen and oxygen atoms in total. The van der Waals surface area contributed by atoms with Crippen LogP contribution in [0.3, 0.4) is 0 Å². The molecule has 0 saturated carbocycles. The Morgan fingerprint density at radius 2 is 2.22 bits per heavy atom. The lowest BCUT2D eigenvalue weighted by Gasteiger charge is -1.96. The lowest BCUT2D eigenvalue weighted by molar-refractivity contribution is 0.101. The van der Waals surface area contributed by atoms with Crippen LogP contribution in [-0.4, -0.2) is 12.0 Å². The number of hydrogen-bond acceptors (Lipinski definition) is 3. The number of ketones is 1. The number of rotatable bonds is 3. The van der Waals surface area contributed by atoms with Gasteiger partial charge in [0.25, 0.3) is 0 Å². The normalized spacial score (nSPS) is 11.1. The topological polar surface area (TPSA) is 42.6 Å². The molecule has 1 aromatic carbocycles. The second-order valence-electron chi connectivity index (χ2n) is 3.64. The van der Waals surface area contributed by atoms with E-state index in [-0.39, 0.29) is 5.78 Å². The first-order valence-electron chi connectivity index (χ1n) is 5.16. The molecule has 0 amide bonds. The molecule has 0 atom stereocenters. The van der Waals surface area contributed by atoms with Crippen molar-refractivity contribution in [3.8, 4) is 0 Å². The van der Waals surface area contributed by atoms with Gasteiger partial charge in [0.1, 0.15) is 5.76 Å². The lowest BCUT2D eigenvalue weighted by Crippen LogP contribution is -1.89.